The molecule has 0 unspecified atom stereocenters. The van der Waals surface area contributed by atoms with Gasteiger partial charge in [0.1, 0.15) is 6.54 Å². The molecular formula is C22H25N3O4. The fourth-order valence-corrected chi connectivity index (χ4v) is 2.99. The van der Waals surface area contributed by atoms with Gasteiger partial charge in [0.2, 0.25) is 17.6 Å². The van der Waals surface area contributed by atoms with E-state index < -0.39 is 0 Å². The van der Waals surface area contributed by atoms with Gasteiger partial charge >= 0.3 is 0 Å². The van der Waals surface area contributed by atoms with Gasteiger partial charge in [-0.1, -0.05) is 41.6 Å². The number of benzene rings is 2. The molecule has 7 nitrogen and oxygen atoms in total. The Hall–Kier alpha value is -3.35. The first-order valence-electron chi connectivity index (χ1n) is 9.40. The highest BCUT2D eigenvalue weighted by Gasteiger charge is 2.21. The summed E-state index contributed by atoms with van der Waals surface area (Å²) in [6.07, 6.45) is 0.234. The number of carbonyl (C=O) groups excluding carboxylic acids is 1. The van der Waals surface area contributed by atoms with E-state index in [-0.39, 0.29) is 24.9 Å². The zero-order chi connectivity index (χ0) is 20.8. The van der Waals surface area contributed by atoms with Crippen LogP contribution in [0.2, 0.25) is 0 Å². The summed E-state index contributed by atoms with van der Waals surface area (Å²) in [7, 11) is 3.15. The molecule has 0 atom stereocenters. The average Bonchev–Trinajstić information content (AvgIpc) is 3.21. The first kappa shape index (κ1) is 20.4. The number of hydrogen-bond donors (Lipinski definition) is 0. The third-order valence-corrected chi connectivity index (χ3v) is 4.55. The molecule has 0 N–H and O–H groups in total. The summed E-state index contributed by atoms with van der Waals surface area (Å²) in [5.74, 6) is 2.10. The van der Waals surface area contributed by atoms with Crippen LogP contribution in [0.4, 0.5) is 0 Å². The lowest BCUT2D eigenvalue weighted by molar-refractivity contribution is -0.133. The predicted molar refractivity (Wildman–Crippen MR) is 109 cm³/mol. The number of hydrogen-bond acceptors (Lipinski definition) is 6. The molecule has 0 aliphatic heterocycles. The fraction of sp³-hybridized carbons (Fsp3) is 0.318. The van der Waals surface area contributed by atoms with Crippen molar-refractivity contribution in [2.45, 2.75) is 32.9 Å². The second-order valence-electron chi connectivity index (χ2n) is 6.86. The summed E-state index contributed by atoms with van der Waals surface area (Å²) in [6, 6.07) is 15.0. The molecule has 1 amide bonds. The molecule has 152 valence electrons. The van der Waals surface area contributed by atoms with Crippen molar-refractivity contribution >= 4 is 5.91 Å². The maximum absolute atomic E-state index is 13.0. The van der Waals surface area contributed by atoms with Gasteiger partial charge in [0.25, 0.3) is 0 Å². The Morgan fingerprint density at radius 1 is 1.07 bits per heavy atom. The number of methoxy groups -OCH3 is 2. The fourth-order valence-electron chi connectivity index (χ4n) is 2.99. The van der Waals surface area contributed by atoms with Crippen molar-refractivity contribution in [1.29, 1.82) is 0 Å². The minimum absolute atomic E-state index is 0.0188. The van der Waals surface area contributed by atoms with Crippen molar-refractivity contribution in [2.75, 3.05) is 14.2 Å². The van der Waals surface area contributed by atoms with Gasteiger partial charge in [-0.15, -0.1) is 0 Å². The Morgan fingerprint density at radius 2 is 1.79 bits per heavy atom. The Kier molecular flexibility index (Phi) is 6.49. The Bertz CT molecular complexity index is 954. The monoisotopic (exact) mass is 395 g/mol. The quantitative estimate of drug-likeness (QED) is 0.578. The topological polar surface area (TPSA) is 77.7 Å². The summed E-state index contributed by atoms with van der Waals surface area (Å²) >= 11 is 0. The highest BCUT2D eigenvalue weighted by atomic mass is 16.5. The zero-order valence-electron chi connectivity index (χ0n) is 17.1. The first-order chi connectivity index (χ1) is 14.0. The van der Waals surface area contributed by atoms with Crippen LogP contribution in [0.15, 0.2) is 53.1 Å². The van der Waals surface area contributed by atoms with E-state index in [1.165, 1.54) is 0 Å². The van der Waals surface area contributed by atoms with Crippen LogP contribution < -0.4 is 9.47 Å². The molecule has 29 heavy (non-hydrogen) atoms. The van der Waals surface area contributed by atoms with E-state index in [1.54, 1.807) is 25.2 Å². The van der Waals surface area contributed by atoms with Crippen molar-refractivity contribution in [3.8, 4) is 22.9 Å². The van der Waals surface area contributed by atoms with Gasteiger partial charge in [0, 0.05) is 11.6 Å². The summed E-state index contributed by atoms with van der Waals surface area (Å²) in [4.78, 5) is 19.1. The second-order valence-corrected chi connectivity index (χ2v) is 6.86. The molecule has 0 saturated heterocycles. The van der Waals surface area contributed by atoms with E-state index in [0.29, 0.717) is 23.2 Å². The number of ether oxygens (including phenoxy) is 2. The van der Waals surface area contributed by atoms with Crippen LogP contribution in [-0.2, 0) is 17.8 Å². The molecule has 1 heterocycles. The molecular weight excluding hydrogens is 370 g/mol. The molecule has 0 fully saturated rings. The summed E-state index contributed by atoms with van der Waals surface area (Å²) in [6.45, 7) is 4.17. The van der Waals surface area contributed by atoms with E-state index in [4.69, 9.17) is 14.0 Å². The smallest absolute Gasteiger partial charge is 0.246 e. The van der Waals surface area contributed by atoms with Crippen LogP contribution in [0.1, 0.15) is 25.3 Å². The van der Waals surface area contributed by atoms with E-state index in [9.17, 15) is 4.79 Å². The molecule has 0 radical (unpaired) electrons. The molecule has 1 aromatic heterocycles. The first-order valence-corrected chi connectivity index (χ1v) is 9.40. The second kappa shape index (κ2) is 9.23. The van der Waals surface area contributed by atoms with Crippen LogP contribution in [0.3, 0.4) is 0 Å². The van der Waals surface area contributed by atoms with Crippen LogP contribution in [0, 0.1) is 0 Å². The minimum Gasteiger partial charge on any atom is -0.493 e. The molecule has 7 heteroatoms. The normalized spacial score (nSPS) is 10.8. The Labute approximate surface area is 170 Å². The standard InChI is InChI=1S/C22H25N3O4/c1-15(2)25(14-20-23-22(24-29-20)17-8-6-5-7-9-17)21(26)13-16-10-11-18(27-3)19(12-16)28-4/h5-12,15H,13-14H2,1-4H3. The lowest BCUT2D eigenvalue weighted by atomic mass is 10.1. The molecule has 0 spiro atoms. The highest BCUT2D eigenvalue weighted by Crippen LogP contribution is 2.28. The third kappa shape index (κ3) is 4.93. The van der Waals surface area contributed by atoms with Crippen molar-refractivity contribution in [3.05, 3.63) is 60.0 Å². The van der Waals surface area contributed by atoms with Gasteiger partial charge in [-0.3, -0.25) is 4.79 Å². The molecule has 0 saturated carbocycles. The van der Waals surface area contributed by atoms with Crippen LogP contribution in [0.25, 0.3) is 11.4 Å². The number of carbonyl (C=O) groups is 1. The van der Waals surface area contributed by atoms with Gasteiger partial charge in [0.05, 0.1) is 20.6 Å². The predicted octanol–water partition coefficient (Wildman–Crippen LogP) is 3.73. The maximum atomic E-state index is 13.0. The number of nitrogens with zero attached hydrogens (tertiary/aromatic N) is 3. The van der Waals surface area contributed by atoms with Crippen LogP contribution in [0.5, 0.6) is 11.5 Å². The molecule has 2 aromatic carbocycles. The Morgan fingerprint density at radius 3 is 2.45 bits per heavy atom. The molecule has 3 rings (SSSR count). The third-order valence-electron chi connectivity index (χ3n) is 4.55. The summed E-state index contributed by atoms with van der Waals surface area (Å²) in [5, 5.41) is 4.03. The van der Waals surface area contributed by atoms with Crippen molar-refractivity contribution in [1.82, 2.24) is 15.0 Å². The lowest BCUT2D eigenvalue weighted by Gasteiger charge is -2.25. The summed E-state index contributed by atoms with van der Waals surface area (Å²) in [5.41, 5.74) is 1.71. The van der Waals surface area contributed by atoms with E-state index in [0.717, 1.165) is 11.1 Å². The average molecular weight is 395 g/mol. The lowest BCUT2D eigenvalue weighted by Crippen LogP contribution is -2.37. The molecule has 0 bridgehead atoms. The van der Waals surface area contributed by atoms with Gasteiger partial charge < -0.3 is 18.9 Å². The van der Waals surface area contributed by atoms with E-state index in [1.807, 2.05) is 56.3 Å². The minimum atomic E-state index is -0.0355. The molecule has 0 aliphatic rings. The molecule has 0 aliphatic carbocycles. The molecule has 3 aromatic rings. The van der Waals surface area contributed by atoms with Crippen LogP contribution in [-0.4, -0.2) is 41.2 Å². The highest BCUT2D eigenvalue weighted by molar-refractivity contribution is 5.79. The maximum Gasteiger partial charge on any atom is 0.246 e. The van der Waals surface area contributed by atoms with E-state index >= 15 is 0 Å². The summed E-state index contributed by atoms with van der Waals surface area (Å²) < 4.78 is 16.0. The van der Waals surface area contributed by atoms with Gasteiger partial charge in [0.15, 0.2) is 11.5 Å². The van der Waals surface area contributed by atoms with Crippen molar-refractivity contribution < 1.29 is 18.8 Å². The number of aromatic nitrogens is 2. The van der Waals surface area contributed by atoms with E-state index in [2.05, 4.69) is 10.1 Å². The van der Waals surface area contributed by atoms with Gasteiger partial charge in [-0.05, 0) is 31.5 Å². The number of amides is 1. The van der Waals surface area contributed by atoms with Crippen LogP contribution >= 0.6 is 0 Å². The van der Waals surface area contributed by atoms with Crippen molar-refractivity contribution in [2.24, 2.45) is 0 Å². The zero-order valence-corrected chi connectivity index (χ0v) is 17.1. The largest absolute Gasteiger partial charge is 0.493 e. The van der Waals surface area contributed by atoms with Crippen molar-refractivity contribution in [3.63, 3.8) is 0 Å². The Balaban J connectivity index is 1.73. The SMILES string of the molecule is COc1ccc(CC(=O)N(Cc2nc(-c3ccccc3)no2)C(C)C)cc1OC. The van der Waals surface area contributed by atoms with Gasteiger partial charge in [-0.2, -0.15) is 4.98 Å². The van der Waals surface area contributed by atoms with Gasteiger partial charge in [-0.25, -0.2) is 0 Å². The number of rotatable bonds is 8.